The average Bonchev–Trinajstić information content (AvgIpc) is 2.85. The van der Waals surface area contributed by atoms with Crippen molar-refractivity contribution < 1.29 is 9.21 Å². The Labute approximate surface area is 143 Å². The van der Waals surface area contributed by atoms with Crippen molar-refractivity contribution in [2.45, 2.75) is 19.9 Å². The first kappa shape index (κ1) is 16.1. The number of hydrogen-bond acceptors (Lipinski definition) is 3. The average molecular weight is 346 g/mol. The number of carbonyl (C=O) groups excluding carboxylic acids is 1. The summed E-state index contributed by atoms with van der Waals surface area (Å²) in [7, 11) is 0. The maximum absolute atomic E-state index is 12.0. The topological polar surface area (TPSA) is 76.3 Å². The first-order chi connectivity index (χ1) is 11.6. The molecule has 6 nitrogen and oxygen atoms in total. The lowest BCUT2D eigenvalue weighted by Gasteiger charge is -2.08. The second-order valence-corrected chi connectivity index (χ2v) is 5.72. The largest absolute Gasteiger partial charge is 0.419 e. The van der Waals surface area contributed by atoms with Crippen molar-refractivity contribution in [2.24, 2.45) is 0 Å². The van der Waals surface area contributed by atoms with Gasteiger partial charge >= 0.3 is 11.8 Å². The van der Waals surface area contributed by atoms with Crippen molar-refractivity contribution in [3.05, 3.63) is 58.0 Å². The third kappa shape index (κ3) is 3.44. The number of nitrogens with one attached hydrogen (secondary N) is 2. The van der Waals surface area contributed by atoms with Gasteiger partial charge in [0.2, 0.25) is 0 Å². The number of oxazole rings is 1. The van der Waals surface area contributed by atoms with Crippen LogP contribution in [0.25, 0.3) is 11.1 Å². The quantitative estimate of drug-likeness (QED) is 0.740. The lowest BCUT2D eigenvalue weighted by molar-refractivity contribution is 0.262. The molecule has 0 atom stereocenters. The molecule has 0 unspecified atom stereocenters. The molecular formula is C17H16ClN3O3. The normalized spacial score (nSPS) is 10.8. The number of hydrogen-bond donors (Lipinski definition) is 2. The zero-order valence-corrected chi connectivity index (χ0v) is 13.8. The predicted molar refractivity (Wildman–Crippen MR) is 94.9 cm³/mol. The molecule has 0 aliphatic rings. The van der Waals surface area contributed by atoms with E-state index in [1.54, 1.807) is 47.0 Å². The summed E-state index contributed by atoms with van der Waals surface area (Å²) in [4.78, 5) is 23.8. The first-order valence-electron chi connectivity index (χ1n) is 7.54. The Hall–Kier alpha value is -2.73. The highest BCUT2D eigenvalue weighted by atomic mass is 35.5. The molecule has 7 heteroatoms. The van der Waals surface area contributed by atoms with Gasteiger partial charge in [-0.05, 0) is 42.8 Å². The third-order valence-corrected chi connectivity index (χ3v) is 3.73. The second-order valence-electron chi connectivity index (χ2n) is 5.29. The molecule has 3 aromatic rings. The number of fused-ring (bicyclic) bond motifs is 1. The Kier molecular flexibility index (Phi) is 4.57. The predicted octanol–water partition coefficient (Wildman–Crippen LogP) is 4.30. The number of carbonyl (C=O) groups is 1. The molecule has 3 rings (SSSR count). The molecule has 2 amide bonds. The maximum Gasteiger partial charge on any atom is 0.419 e. The molecule has 0 spiro atoms. The molecular weight excluding hydrogens is 330 g/mol. The maximum atomic E-state index is 12.0. The molecule has 24 heavy (non-hydrogen) atoms. The highest BCUT2D eigenvalue weighted by Crippen LogP contribution is 2.19. The summed E-state index contributed by atoms with van der Waals surface area (Å²) in [6, 6.07) is 11.5. The summed E-state index contributed by atoms with van der Waals surface area (Å²) in [5.74, 6) is -0.394. The molecule has 2 aromatic carbocycles. The number of benzene rings is 2. The van der Waals surface area contributed by atoms with E-state index in [1.807, 2.05) is 6.92 Å². The SMILES string of the molecule is CCCn1c(=O)oc2cc(NC(=O)Nc3ccc(Cl)cc3)ccc21. The van der Waals surface area contributed by atoms with Crippen molar-refractivity contribution in [1.82, 2.24) is 4.57 Å². The Bertz CT molecular complexity index is 928. The van der Waals surface area contributed by atoms with Crippen LogP contribution in [-0.2, 0) is 6.54 Å². The number of urea groups is 1. The van der Waals surface area contributed by atoms with Crippen LogP contribution in [0.2, 0.25) is 5.02 Å². The van der Waals surface area contributed by atoms with Crippen molar-refractivity contribution in [3.8, 4) is 0 Å². The molecule has 1 heterocycles. The van der Waals surface area contributed by atoms with Crippen LogP contribution < -0.4 is 16.4 Å². The number of aryl methyl sites for hydroxylation is 1. The Morgan fingerprint density at radius 3 is 2.50 bits per heavy atom. The number of anilines is 2. The summed E-state index contributed by atoms with van der Waals surface area (Å²) >= 11 is 5.80. The van der Waals surface area contributed by atoms with E-state index in [0.717, 1.165) is 6.42 Å². The molecule has 0 radical (unpaired) electrons. The van der Waals surface area contributed by atoms with Gasteiger partial charge in [0.25, 0.3) is 0 Å². The van der Waals surface area contributed by atoms with Gasteiger partial charge in [-0.2, -0.15) is 0 Å². The summed E-state index contributed by atoms with van der Waals surface area (Å²) in [5, 5.41) is 6.00. The van der Waals surface area contributed by atoms with E-state index in [-0.39, 0.29) is 0 Å². The van der Waals surface area contributed by atoms with Crippen molar-refractivity contribution >= 4 is 40.1 Å². The fourth-order valence-corrected chi connectivity index (χ4v) is 2.53. The first-order valence-corrected chi connectivity index (χ1v) is 7.91. The Balaban J connectivity index is 1.76. The van der Waals surface area contributed by atoms with E-state index in [1.165, 1.54) is 0 Å². The second kappa shape index (κ2) is 6.80. The monoisotopic (exact) mass is 345 g/mol. The lowest BCUT2D eigenvalue weighted by atomic mass is 10.2. The lowest BCUT2D eigenvalue weighted by Crippen LogP contribution is -2.19. The minimum atomic E-state index is -0.396. The minimum absolute atomic E-state index is 0.394. The van der Waals surface area contributed by atoms with E-state index in [0.29, 0.717) is 34.0 Å². The molecule has 2 N–H and O–H groups in total. The molecule has 0 bridgehead atoms. The number of nitrogens with zero attached hydrogens (tertiary/aromatic N) is 1. The molecule has 0 fully saturated rings. The van der Waals surface area contributed by atoms with Crippen molar-refractivity contribution in [3.63, 3.8) is 0 Å². The van der Waals surface area contributed by atoms with Gasteiger partial charge in [-0.3, -0.25) is 4.57 Å². The van der Waals surface area contributed by atoms with Crippen LogP contribution in [0, 0.1) is 0 Å². The number of rotatable bonds is 4. The summed E-state index contributed by atoms with van der Waals surface area (Å²) in [6.45, 7) is 2.58. The molecule has 1 aromatic heterocycles. The van der Waals surface area contributed by atoms with Gasteiger partial charge < -0.3 is 15.1 Å². The summed E-state index contributed by atoms with van der Waals surface area (Å²) < 4.78 is 6.80. The van der Waals surface area contributed by atoms with Gasteiger partial charge in [0.1, 0.15) is 0 Å². The van der Waals surface area contributed by atoms with Crippen LogP contribution in [0.5, 0.6) is 0 Å². The number of halogens is 1. The molecule has 124 valence electrons. The molecule has 0 saturated heterocycles. The van der Waals surface area contributed by atoms with Gasteiger partial charge in [0.05, 0.1) is 5.52 Å². The van der Waals surface area contributed by atoms with Crippen LogP contribution in [0.4, 0.5) is 16.2 Å². The minimum Gasteiger partial charge on any atom is -0.408 e. The van der Waals surface area contributed by atoms with Gasteiger partial charge in [-0.15, -0.1) is 0 Å². The van der Waals surface area contributed by atoms with E-state index < -0.39 is 11.8 Å². The summed E-state index contributed by atoms with van der Waals surface area (Å²) in [5.41, 5.74) is 2.31. The van der Waals surface area contributed by atoms with Crippen LogP contribution in [0.1, 0.15) is 13.3 Å². The molecule has 0 saturated carbocycles. The van der Waals surface area contributed by atoms with Crippen LogP contribution in [0.3, 0.4) is 0 Å². The van der Waals surface area contributed by atoms with Gasteiger partial charge in [0, 0.05) is 29.0 Å². The fraction of sp³-hybridized carbons (Fsp3) is 0.176. The van der Waals surface area contributed by atoms with Gasteiger partial charge in [-0.25, -0.2) is 9.59 Å². The van der Waals surface area contributed by atoms with Gasteiger partial charge in [0.15, 0.2) is 5.58 Å². The van der Waals surface area contributed by atoms with E-state index in [2.05, 4.69) is 10.6 Å². The smallest absolute Gasteiger partial charge is 0.408 e. The van der Waals surface area contributed by atoms with E-state index in [9.17, 15) is 9.59 Å². The van der Waals surface area contributed by atoms with Crippen molar-refractivity contribution in [1.29, 1.82) is 0 Å². The zero-order chi connectivity index (χ0) is 17.1. The zero-order valence-electron chi connectivity index (χ0n) is 13.0. The van der Waals surface area contributed by atoms with Crippen molar-refractivity contribution in [2.75, 3.05) is 10.6 Å². The van der Waals surface area contributed by atoms with Crippen LogP contribution in [-0.4, -0.2) is 10.6 Å². The molecule has 0 aliphatic heterocycles. The number of amides is 2. The van der Waals surface area contributed by atoms with Crippen LogP contribution >= 0.6 is 11.6 Å². The Morgan fingerprint density at radius 1 is 1.12 bits per heavy atom. The number of aromatic nitrogens is 1. The fourth-order valence-electron chi connectivity index (χ4n) is 2.41. The van der Waals surface area contributed by atoms with E-state index >= 15 is 0 Å². The van der Waals surface area contributed by atoms with E-state index in [4.69, 9.17) is 16.0 Å². The standard InChI is InChI=1S/C17H16ClN3O3/c1-2-9-21-14-8-7-13(10-15(14)24-17(21)23)20-16(22)19-12-5-3-11(18)4-6-12/h3-8,10H,2,9H2,1H3,(H2,19,20,22). The third-order valence-electron chi connectivity index (χ3n) is 3.48. The highest BCUT2D eigenvalue weighted by molar-refractivity contribution is 6.30. The van der Waals surface area contributed by atoms with Crippen LogP contribution in [0.15, 0.2) is 51.7 Å². The van der Waals surface area contributed by atoms with Gasteiger partial charge in [-0.1, -0.05) is 18.5 Å². The molecule has 0 aliphatic carbocycles. The highest BCUT2D eigenvalue weighted by Gasteiger charge is 2.10. The Morgan fingerprint density at radius 2 is 1.79 bits per heavy atom. The summed E-state index contributed by atoms with van der Waals surface area (Å²) in [6.07, 6.45) is 0.831.